The van der Waals surface area contributed by atoms with E-state index in [4.69, 9.17) is 0 Å². The van der Waals surface area contributed by atoms with Crippen molar-refractivity contribution < 1.29 is 10.4 Å². The molecule has 2 aromatic carbocycles. The Morgan fingerprint density at radius 3 is 2.25 bits per heavy atom. The third-order valence-electron chi connectivity index (χ3n) is 3.24. The van der Waals surface area contributed by atoms with Crippen LogP contribution in [0.15, 0.2) is 60.7 Å². The maximum atomic E-state index is 10.2. The van der Waals surface area contributed by atoms with Gasteiger partial charge in [-0.2, -0.15) is 0 Å². The number of aliphatic hydroxyl groups excluding tert-OH is 1. The van der Waals surface area contributed by atoms with Gasteiger partial charge < -0.3 is 10.4 Å². The molecule has 0 bridgehead atoms. The quantitative estimate of drug-likeness (QED) is 0.812. The number of quaternary nitrogens is 1. The largest absolute Gasteiger partial charge is 0.382 e. The molecule has 0 saturated carbocycles. The zero-order valence-corrected chi connectivity index (χ0v) is 11.7. The molecule has 0 aromatic heterocycles. The summed E-state index contributed by atoms with van der Waals surface area (Å²) in [5.74, 6) is 6.24. The Balaban J connectivity index is 1.84. The van der Waals surface area contributed by atoms with Crippen LogP contribution in [-0.2, 0) is 0 Å². The average molecular weight is 266 g/mol. The molecule has 2 atom stereocenters. The standard InChI is InChI=1S/C18H19NO/c1-15(18(20)17-12-6-3-7-13-17)19-14-8-11-16-9-4-2-5-10-16/h2-7,9-10,12-13,15,18-20H,14H2,1H3/p+1/t15-,18-/m1/s1. The summed E-state index contributed by atoms with van der Waals surface area (Å²) in [6, 6.07) is 19.8. The molecule has 0 radical (unpaired) electrons. The Labute approximate surface area is 120 Å². The number of rotatable bonds is 4. The molecule has 3 N–H and O–H groups in total. The highest BCUT2D eigenvalue weighted by molar-refractivity contribution is 5.33. The molecule has 0 heterocycles. The minimum Gasteiger partial charge on any atom is -0.382 e. The smallest absolute Gasteiger partial charge is 0.138 e. The van der Waals surface area contributed by atoms with E-state index in [0.29, 0.717) is 6.54 Å². The first kappa shape index (κ1) is 14.3. The van der Waals surface area contributed by atoms with Crippen LogP contribution in [0.2, 0.25) is 0 Å². The second-order valence-corrected chi connectivity index (χ2v) is 4.82. The molecule has 0 saturated heterocycles. The average Bonchev–Trinajstić information content (AvgIpc) is 2.52. The third-order valence-corrected chi connectivity index (χ3v) is 3.24. The molecular formula is C18H20NO+. The lowest BCUT2D eigenvalue weighted by atomic mass is 10.0. The van der Waals surface area contributed by atoms with E-state index in [9.17, 15) is 5.11 Å². The van der Waals surface area contributed by atoms with Crippen molar-refractivity contribution in [3.8, 4) is 11.8 Å². The topological polar surface area (TPSA) is 36.8 Å². The van der Waals surface area contributed by atoms with Gasteiger partial charge in [-0.05, 0) is 30.5 Å². The van der Waals surface area contributed by atoms with E-state index in [1.165, 1.54) is 0 Å². The van der Waals surface area contributed by atoms with Gasteiger partial charge in [-0.3, -0.25) is 0 Å². The Kier molecular flexibility index (Phi) is 5.37. The van der Waals surface area contributed by atoms with Gasteiger partial charge in [0.2, 0.25) is 0 Å². The second kappa shape index (κ2) is 7.49. The van der Waals surface area contributed by atoms with Crippen LogP contribution in [0.5, 0.6) is 0 Å². The molecule has 2 rings (SSSR count). The summed E-state index contributed by atoms with van der Waals surface area (Å²) in [5, 5.41) is 12.3. The molecule has 0 unspecified atom stereocenters. The van der Waals surface area contributed by atoms with Crippen molar-refractivity contribution in [3.05, 3.63) is 71.8 Å². The highest BCUT2D eigenvalue weighted by Crippen LogP contribution is 2.13. The maximum Gasteiger partial charge on any atom is 0.138 e. The molecule has 0 aliphatic heterocycles. The zero-order valence-electron chi connectivity index (χ0n) is 11.7. The summed E-state index contributed by atoms with van der Waals surface area (Å²) in [4.78, 5) is 0. The van der Waals surface area contributed by atoms with E-state index in [1.807, 2.05) is 67.6 Å². The number of hydrogen-bond acceptors (Lipinski definition) is 1. The molecule has 2 nitrogen and oxygen atoms in total. The lowest BCUT2D eigenvalue weighted by molar-refractivity contribution is -0.684. The van der Waals surface area contributed by atoms with Crippen LogP contribution in [0.1, 0.15) is 24.2 Å². The van der Waals surface area contributed by atoms with E-state index in [0.717, 1.165) is 11.1 Å². The Morgan fingerprint density at radius 2 is 1.60 bits per heavy atom. The van der Waals surface area contributed by atoms with Crippen LogP contribution in [0.3, 0.4) is 0 Å². The number of benzene rings is 2. The predicted molar refractivity (Wildman–Crippen MR) is 81.0 cm³/mol. The summed E-state index contributed by atoms with van der Waals surface area (Å²) in [6.45, 7) is 2.70. The van der Waals surface area contributed by atoms with E-state index < -0.39 is 6.10 Å². The fourth-order valence-electron chi connectivity index (χ4n) is 2.00. The van der Waals surface area contributed by atoms with E-state index >= 15 is 0 Å². The van der Waals surface area contributed by atoms with Gasteiger partial charge in [0.15, 0.2) is 0 Å². The summed E-state index contributed by atoms with van der Waals surface area (Å²) in [7, 11) is 0. The maximum absolute atomic E-state index is 10.2. The van der Waals surface area contributed by atoms with Crippen molar-refractivity contribution in [2.75, 3.05) is 6.54 Å². The van der Waals surface area contributed by atoms with E-state index in [2.05, 4.69) is 17.2 Å². The lowest BCUT2D eigenvalue weighted by Gasteiger charge is -2.16. The van der Waals surface area contributed by atoms with Crippen molar-refractivity contribution >= 4 is 0 Å². The first-order valence-corrected chi connectivity index (χ1v) is 6.87. The molecule has 0 aliphatic rings. The predicted octanol–water partition coefficient (Wildman–Crippen LogP) is 1.72. The van der Waals surface area contributed by atoms with Crippen LogP contribution in [0, 0.1) is 11.8 Å². The minimum atomic E-state index is -0.463. The van der Waals surface area contributed by atoms with Gasteiger partial charge in [-0.15, -0.1) is 0 Å². The molecule has 102 valence electrons. The summed E-state index contributed by atoms with van der Waals surface area (Å²) >= 11 is 0. The molecule has 0 fully saturated rings. The summed E-state index contributed by atoms with van der Waals surface area (Å²) in [5.41, 5.74) is 1.98. The molecule has 0 aliphatic carbocycles. The van der Waals surface area contributed by atoms with Gasteiger partial charge in [0.25, 0.3) is 0 Å². The van der Waals surface area contributed by atoms with Crippen molar-refractivity contribution in [2.24, 2.45) is 0 Å². The third kappa shape index (κ3) is 4.24. The van der Waals surface area contributed by atoms with E-state index in [-0.39, 0.29) is 6.04 Å². The SMILES string of the molecule is C[C@@H]([NH2+]CC#Cc1ccccc1)[C@@H](O)c1ccccc1. The number of hydrogen-bond donors (Lipinski definition) is 2. The van der Waals surface area contributed by atoms with Crippen molar-refractivity contribution in [2.45, 2.75) is 19.1 Å². The van der Waals surface area contributed by atoms with Crippen LogP contribution >= 0.6 is 0 Å². The highest BCUT2D eigenvalue weighted by atomic mass is 16.3. The van der Waals surface area contributed by atoms with E-state index in [1.54, 1.807) is 0 Å². The minimum absolute atomic E-state index is 0.0856. The zero-order chi connectivity index (χ0) is 14.2. The van der Waals surface area contributed by atoms with Crippen LogP contribution < -0.4 is 5.32 Å². The fourth-order valence-corrected chi connectivity index (χ4v) is 2.00. The van der Waals surface area contributed by atoms with Gasteiger partial charge in [0.1, 0.15) is 18.7 Å². The summed E-state index contributed by atoms with van der Waals surface area (Å²) in [6.07, 6.45) is -0.463. The van der Waals surface area contributed by atoms with Gasteiger partial charge in [0, 0.05) is 5.56 Å². The van der Waals surface area contributed by atoms with Crippen molar-refractivity contribution in [1.82, 2.24) is 0 Å². The normalized spacial score (nSPS) is 13.1. The van der Waals surface area contributed by atoms with Crippen LogP contribution in [0.4, 0.5) is 0 Å². The molecule has 20 heavy (non-hydrogen) atoms. The highest BCUT2D eigenvalue weighted by Gasteiger charge is 2.17. The number of aliphatic hydroxyl groups is 1. The molecule has 2 heteroatoms. The Morgan fingerprint density at radius 1 is 1.00 bits per heavy atom. The lowest BCUT2D eigenvalue weighted by Crippen LogP contribution is -2.90. The fraction of sp³-hybridized carbons (Fsp3) is 0.222. The molecule has 2 aromatic rings. The monoisotopic (exact) mass is 266 g/mol. The van der Waals surface area contributed by atoms with Gasteiger partial charge >= 0.3 is 0 Å². The molecule has 0 spiro atoms. The molecule has 0 amide bonds. The van der Waals surface area contributed by atoms with Crippen molar-refractivity contribution in [3.63, 3.8) is 0 Å². The van der Waals surface area contributed by atoms with Crippen LogP contribution in [0.25, 0.3) is 0 Å². The Hall–Kier alpha value is -2.08. The van der Waals surface area contributed by atoms with Gasteiger partial charge in [-0.1, -0.05) is 54.5 Å². The first-order valence-electron chi connectivity index (χ1n) is 6.87. The molecular weight excluding hydrogens is 246 g/mol. The van der Waals surface area contributed by atoms with Crippen molar-refractivity contribution in [1.29, 1.82) is 0 Å². The first-order chi connectivity index (χ1) is 9.77. The van der Waals surface area contributed by atoms with Gasteiger partial charge in [0.05, 0.1) is 0 Å². The number of nitrogens with two attached hydrogens (primary N) is 1. The summed E-state index contributed by atoms with van der Waals surface area (Å²) < 4.78 is 0. The van der Waals surface area contributed by atoms with Gasteiger partial charge in [-0.25, -0.2) is 0 Å². The Bertz CT molecular complexity index is 569. The second-order valence-electron chi connectivity index (χ2n) is 4.82. The van der Waals surface area contributed by atoms with Crippen LogP contribution in [-0.4, -0.2) is 17.7 Å².